The SMILES string of the molecule is CC(C)(C)c1ccc(CN(CCc2ccc(Cl)cc2)C(=O)c2c(F)ccc3cc[nH]c23)cc1. The zero-order valence-corrected chi connectivity index (χ0v) is 19.9. The molecular formula is C28H28ClFN2O. The number of amides is 1. The standard InChI is InChI=1S/C28H28ClFN2O/c1-28(2,3)22-9-4-20(5-10-22)18-32(17-15-19-6-11-23(29)12-7-19)27(33)25-24(30)13-8-21-14-16-31-26(21)25/h4-14,16,31H,15,17-18H2,1-3H3. The van der Waals surface area contributed by atoms with Crippen LogP contribution < -0.4 is 0 Å². The molecule has 0 spiro atoms. The minimum absolute atomic E-state index is 0.0506. The van der Waals surface area contributed by atoms with E-state index in [1.54, 1.807) is 17.2 Å². The summed E-state index contributed by atoms with van der Waals surface area (Å²) in [6, 6.07) is 20.8. The summed E-state index contributed by atoms with van der Waals surface area (Å²) in [4.78, 5) is 18.4. The van der Waals surface area contributed by atoms with Gasteiger partial charge in [-0.05, 0) is 58.9 Å². The molecule has 0 aliphatic carbocycles. The van der Waals surface area contributed by atoms with Crippen molar-refractivity contribution in [1.29, 1.82) is 0 Å². The largest absolute Gasteiger partial charge is 0.360 e. The van der Waals surface area contributed by atoms with Crippen molar-refractivity contribution in [2.45, 2.75) is 39.2 Å². The predicted molar refractivity (Wildman–Crippen MR) is 133 cm³/mol. The normalized spacial score (nSPS) is 11.7. The number of carbonyl (C=O) groups is 1. The molecule has 1 heterocycles. The second-order valence-electron chi connectivity index (χ2n) is 9.41. The molecule has 4 rings (SSSR count). The molecule has 0 aliphatic rings. The number of aromatic amines is 1. The molecule has 3 aromatic carbocycles. The third-order valence-corrected chi connectivity index (χ3v) is 6.21. The van der Waals surface area contributed by atoms with Crippen LogP contribution in [0, 0.1) is 5.82 Å². The minimum Gasteiger partial charge on any atom is -0.360 e. The minimum atomic E-state index is -0.519. The first-order valence-corrected chi connectivity index (χ1v) is 11.5. The van der Waals surface area contributed by atoms with E-state index < -0.39 is 5.82 Å². The van der Waals surface area contributed by atoms with Crippen LogP contribution in [-0.4, -0.2) is 22.3 Å². The molecular weight excluding hydrogens is 435 g/mol. The van der Waals surface area contributed by atoms with E-state index >= 15 is 0 Å². The Balaban J connectivity index is 1.64. The number of carbonyl (C=O) groups excluding carboxylic acids is 1. The molecule has 0 bridgehead atoms. The van der Waals surface area contributed by atoms with Crippen LogP contribution in [0.4, 0.5) is 4.39 Å². The molecule has 1 amide bonds. The van der Waals surface area contributed by atoms with Gasteiger partial charge in [0, 0.05) is 29.7 Å². The van der Waals surface area contributed by atoms with Crippen LogP contribution in [0.5, 0.6) is 0 Å². The highest BCUT2D eigenvalue weighted by Gasteiger charge is 2.23. The fraction of sp³-hybridized carbons (Fsp3) is 0.250. The Morgan fingerprint density at radius 1 is 0.939 bits per heavy atom. The van der Waals surface area contributed by atoms with Gasteiger partial charge in [0.15, 0.2) is 0 Å². The molecule has 0 atom stereocenters. The van der Waals surface area contributed by atoms with Crippen molar-refractivity contribution < 1.29 is 9.18 Å². The van der Waals surface area contributed by atoms with Gasteiger partial charge in [0.05, 0.1) is 11.1 Å². The molecule has 0 radical (unpaired) electrons. The first kappa shape index (κ1) is 23.1. The molecule has 0 aliphatic heterocycles. The Kier molecular flexibility index (Phi) is 6.57. The van der Waals surface area contributed by atoms with E-state index in [-0.39, 0.29) is 16.9 Å². The predicted octanol–water partition coefficient (Wildman–Crippen LogP) is 7.14. The molecule has 5 heteroatoms. The van der Waals surface area contributed by atoms with Crippen LogP contribution in [0.3, 0.4) is 0 Å². The van der Waals surface area contributed by atoms with Crippen molar-refractivity contribution in [2.24, 2.45) is 0 Å². The molecule has 3 nitrogen and oxygen atoms in total. The number of H-pyrrole nitrogens is 1. The van der Waals surface area contributed by atoms with Crippen LogP contribution in [0.1, 0.15) is 47.8 Å². The van der Waals surface area contributed by atoms with Gasteiger partial charge in [0.25, 0.3) is 5.91 Å². The van der Waals surface area contributed by atoms with Crippen molar-refractivity contribution in [3.05, 3.63) is 106 Å². The zero-order valence-electron chi connectivity index (χ0n) is 19.2. The number of benzene rings is 3. The summed E-state index contributed by atoms with van der Waals surface area (Å²) in [5.74, 6) is -0.844. The lowest BCUT2D eigenvalue weighted by Gasteiger charge is -2.25. The van der Waals surface area contributed by atoms with Crippen molar-refractivity contribution in [2.75, 3.05) is 6.54 Å². The molecule has 0 unspecified atom stereocenters. The molecule has 0 saturated heterocycles. The summed E-state index contributed by atoms with van der Waals surface area (Å²) in [6.07, 6.45) is 2.37. The van der Waals surface area contributed by atoms with Crippen LogP contribution in [-0.2, 0) is 18.4 Å². The molecule has 1 aromatic heterocycles. The number of halogens is 2. The maximum absolute atomic E-state index is 14.9. The van der Waals surface area contributed by atoms with Gasteiger partial charge in [-0.2, -0.15) is 0 Å². The second kappa shape index (κ2) is 9.40. The fourth-order valence-electron chi connectivity index (χ4n) is 3.97. The number of aromatic nitrogens is 1. The van der Waals surface area contributed by atoms with Crippen LogP contribution in [0.15, 0.2) is 72.9 Å². The lowest BCUT2D eigenvalue weighted by molar-refractivity contribution is 0.0742. The fourth-order valence-corrected chi connectivity index (χ4v) is 4.09. The van der Waals surface area contributed by atoms with E-state index in [0.29, 0.717) is 30.0 Å². The van der Waals surface area contributed by atoms with E-state index in [2.05, 4.69) is 50.0 Å². The van der Waals surface area contributed by atoms with Crippen molar-refractivity contribution in [1.82, 2.24) is 9.88 Å². The third kappa shape index (κ3) is 5.28. The summed E-state index contributed by atoms with van der Waals surface area (Å²) in [5.41, 5.74) is 3.96. The summed E-state index contributed by atoms with van der Waals surface area (Å²) in [6.45, 7) is 7.36. The Labute approximate surface area is 199 Å². The van der Waals surface area contributed by atoms with Crippen LogP contribution in [0.2, 0.25) is 5.02 Å². The Morgan fingerprint density at radius 2 is 1.61 bits per heavy atom. The van der Waals surface area contributed by atoms with Crippen LogP contribution in [0.25, 0.3) is 10.9 Å². The highest BCUT2D eigenvalue weighted by atomic mass is 35.5. The van der Waals surface area contributed by atoms with Gasteiger partial charge in [-0.15, -0.1) is 0 Å². The monoisotopic (exact) mass is 462 g/mol. The van der Waals surface area contributed by atoms with Crippen molar-refractivity contribution >= 4 is 28.4 Å². The highest BCUT2D eigenvalue weighted by molar-refractivity contribution is 6.30. The van der Waals surface area contributed by atoms with Crippen LogP contribution >= 0.6 is 11.6 Å². The highest BCUT2D eigenvalue weighted by Crippen LogP contribution is 2.25. The maximum atomic E-state index is 14.9. The number of hydrogen-bond donors (Lipinski definition) is 1. The molecule has 0 saturated carbocycles. The first-order chi connectivity index (χ1) is 15.7. The van der Waals surface area contributed by atoms with Gasteiger partial charge in [0.2, 0.25) is 0 Å². The van der Waals surface area contributed by atoms with Crippen molar-refractivity contribution in [3.63, 3.8) is 0 Å². The number of rotatable bonds is 6. The van der Waals surface area contributed by atoms with Crippen molar-refractivity contribution in [3.8, 4) is 0 Å². The van der Waals surface area contributed by atoms with E-state index in [1.807, 2.05) is 30.3 Å². The summed E-state index contributed by atoms with van der Waals surface area (Å²) in [7, 11) is 0. The summed E-state index contributed by atoms with van der Waals surface area (Å²) in [5, 5.41) is 1.48. The van der Waals surface area contributed by atoms with Gasteiger partial charge in [0.1, 0.15) is 5.82 Å². The Bertz CT molecular complexity index is 1250. The molecule has 0 fully saturated rings. The Morgan fingerprint density at radius 3 is 2.27 bits per heavy atom. The Hall–Kier alpha value is -3.11. The van der Waals surface area contributed by atoms with Gasteiger partial charge >= 0.3 is 0 Å². The lowest BCUT2D eigenvalue weighted by Crippen LogP contribution is -2.33. The van der Waals surface area contributed by atoms with Gasteiger partial charge < -0.3 is 9.88 Å². The van der Waals surface area contributed by atoms with Gasteiger partial charge in [-0.25, -0.2) is 4.39 Å². The summed E-state index contributed by atoms with van der Waals surface area (Å²) < 4.78 is 14.9. The van der Waals surface area contributed by atoms with Gasteiger partial charge in [-0.3, -0.25) is 4.79 Å². The van der Waals surface area contributed by atoms with E-state index in [0.717, 1.165) is 16.5 Å². The summed E-state index contributed by atoms with van der Waals surface area (Å²) >= 11 is 6.01. The molecule has 1 N–H and O–H groups in total. The smallest absolute Gasteiger partial charge is 0.259 e. The first-order valence-electron chi connectivity index (χ1n) is 11.1. The molecule has 170 valence electrons. The quantitative estimate of drug-likeness (QED) is 0.324. The number of nitrogens with one attached hydrogen (secondary N) is 1. The van der Waals surface area contributed by atoms with E-state index in [4.69, 9.17) is 11.6 Å². The molecule has 33 heavy (non-hydrogen) atoms. The molecule has 4 aromatic rings. The average molecular weight is 463 g/mol. The zero-order chi connectivity index (χ0) is 23.6. The lowest BCUT2D eigenvalue weighted by atomic mass is 9.87. The second-order valence-corrected chi connectivity index (χ2v) is 9.85. The average Bonchev–Trinajstić information content (AvgIpc) is 3.25. The maximum Gasteiger partial charge on any atom is 0.259 e. The number of hydrogen-bond acceptors (Lipinski definition) is 1. The number of fused-ring (bicyclic) bond motifs is 1. The van der Waals surface area contributed by atoms with E-state index in [9.17, 15) is 9.18 Å². The number of nitrogens with zero attached hydrogens (tertiary/aromatic N) is 1. The van der Waals surface area contributed by atoms with Gasteiger partial charge in [-0.1, -0.05) is 68.8 Å². The topological polar surface area (TPSA) is 36.1 Å². The van der Waals surface area contributed by atoms with E-state index in [1.165, 1.54) is 11.6 Å². The third-order valence-electron chi connectivity index (χ3n) is 5.96.